The lowest BCUT2D eigenvalue weighted by atomic mass is 10.0. The van der Waals surface area contributed by atoms with Gasteiger partial charge < -0.3 is 10.1 Å². The van der Waals surface area contributed by atoms with E-state index in [1.54, 1.807) is 11.4 Å². The summed E-state index contributed by atoms with van der Waals surface area (Å²) >= 11 is 1.30. The molecule has 0 radical (unpaired) electrons. The molecule has 110 valence electrons. The predicted molar refractivity (Wildman–Crippen MR) is 83.9 cm³/mol. The maximum atomic E-state index is 12.1. The average Bonchev–Trinajstić information content (AvgIpc) is 2.90. The van der Waals surface area contributed by atoms with Gasteiger partial charge in [0.1, 0.15) is 5.00 Å². The van der Waals surface area contributed by atoms with Gasteiger partial charge in [-0.1, -0.05) is 18.2 Å². The normalized spacial score (nSPS) is 10.2. The van der Waals surface area contributed by atoms with Crippen LogP contribution in [0.15, 0.2) is 29.6 Å². The van der Waals surface area contributed by atoms with Crippen molar-refractivity contribution < 1.29 is 14.3 Å². The number of rotatable bonds is 4. The fraction of sp³-hybridized carbons (Fsp3) is 0.250. The molecule has 0 saturated carbocycles. The van der Waals surface area contributed by atoms with Gasteiger partial charge in [0.05, 0.1) is 19.1 Å². The maximum Gasteiger partial charge on any atom is 0.340 e. The first kappa shape index (κ1) is 15.3. The molecule has 1 aromatic carbocycles. The molecule has 1 aromatic heterocycles. The summed E-state index contributed by atoms with van der Waals surface area (Å²) in [6.07, 6.45) is 0.277. The highest BCUT2D eigenvalue weighted by atomic mass is 32.1. The Morgan fingerprint density at radius 3 is 2.62 bits per heavy atom. The number of methoxy groups -OCH3 is 1. The van der Waals surface area contributed by atoms with E-state index in [9.17, 15) is 9.59 Å². The van der Waals surface area contributed by atoms with Crippen LogP contribution in [-0.4, -0.2) is 19.0 Å². The molecule has 1 amide bonds. The second kappa shape index (κ2) is 6.54. The van der Waals surface area contributed by atoms with Gasteiger partial charge >= 0.3 is 5.97 Å². The number of carbonyl (C=O) groups excluding carboxylic acids is 2. The Morgan fingerprint density at radius 2 is 1.95 bits per heavy atom. The van der Waals surface area contributed by atoms with E-state index >= 15 is 0 Å². The van der Waals surface area contributed by atoms with Gasteiger partial charge in [-0.2, -0.15) is 0 Å². The molecule has 0 aliphatic rings. The van der Waals surface area contributed by atoms with Crippen LogP contribution in [0.2, 0.25) is 0 Å². The van der Waals surface area contributed by atoms with Crippen LogP contribution in [0.3, 0.4) is 0 Å². The second-order valence-electron chi connectivity index (χ2n) is 4.80. The Hall–Kier alpha value is -2.14. The van der Waals surface area contributed by atoms with Gasteiger partial charge in [0.2, 0.25) is 5.91 Å². The summed E-state index contributed by atoms with van der Waals surface area (Å²) in [5.74, 6) is -0.594. The Bertz CT molecular complexity index is 676. The fourth-order valence-corrected chi connectivity index (χ4v) is 2.74. The number of aryl methyl sites for hydroxylation is 2. The highest BCUT2D eigenvalue weighted by Crippen LogP contribution is 2.24. The van der Waals surface area contributed by atoms with Crippen LogP contribution in [0.25, 0.3) is 0 Å². The third-order valence-corrected chi connectivity index (χ3v) is 4.09. The minimum atomic E-state index is -0.447. The van der Waals surface area contributed by atoms with E-state index in [4.69, 9.17) is 0 Å². The van der Waals surface area contributed by atoms with Crippen LogP contribution >= 0.6 is 11.3 Å². The van der Waals surface area contributed by atoms with Crippen molar-refractivity contribution in [3.63, 3.8) is 0 Å². The van der Waals surface area contributed by atoms with E-state index in [1.807, 2.05) is 32.0 Å². The topological polar surface area (TPSA) is 55.4 Å². The molecule has 0 spiro atoms. The summed E-state index contributed by atoms with van der Waals surface area (Å²) in [6, 6.07) is 7.59. The second-order valence-corrected chi connectivity index (χ2v) is 5.71. The molecule has 0 fully saturated rings. The lowest BCUT2D eigenvalue weighted by molar-refractivity contribution is -0.115. The molecule has 0 aliphatic carbocycles. The SMILES string of the molecule is COC(=O)c1ccsc1NC(=O)Cc1ccc(C)c(C)c1. The predicted octanol–water partition coefficient (Wildman–Crippen LogP) is 3.33. The quantitative estimate of drug-likeness (QED) is 0.881. The zero-order valence-corrected chi connectivity index (χ0v) is 13.0. The number of hydrogen-bond acceptors (Lipinski definition) is 4. The monoisotopic (exact) mass is 303 g/mol. The first-order valence-corrected chi connectivity index (χ1v) is 7.41. The van der Waals surface area contributed by atoms with Crippen molar-refractivity contribution >= 4 is 28.2 Å². The summed E-state index contributed by atoms with van der Waals surface area (Å²) in [5, 5.41) is 5.04. The van der Waals surface area contributed by atoms with Crippen molar-refractivity contribution in [1.29, 1.82) is 0 Å². The van der Waals surface area contributed by atoms with Crippen LogP contribution in [0.4, 0.5) is 5.00 Å². The first-order chi connectivity index (χ1) is 10.0. The molecule has 1 N–H and O–H groups in total. The Balaban J connectivity index is 2.07. The van der Waals surface area contributed by atoms with Crippen LogP contribution in [0, 0.1) is 13.8 Å². The van der Waals surface area contributed by atoms with Gasteiger partial charge in [-0.25, -0.2) is 4.79 Å². The largest absolute Gasteiger partial charge is 0.465 e. The molecule has 1 heterocycles. The molecule has 2 rings (SSSR count). The molecular weight excluding hydrogens is 286 g/mol. The molecule has 5 heteroatoms. The Labute approximate surface area is 127 Å². The molecule has 0 aliphatic heterocycles. The Morgan fingerprint density at radius 1 is 1.19 bits per heavy atom. The molecule has 0 atom stereocenters. The van der Waals surface area contributed by atoms with Crippen molar-refractivity contribution in [3.8, 4) is 0 Å². The molecule has 0 bridgehead atoms. The molecule has 4 nitrogen and oxygen atoms in total. The van der Waals surface area contributed by atoms with Gasteiger partial charge in [0, 0.05) is 0 Å². The van der Waals surface area contributed by atoms with Gasteiger partial charge in [-0.05, 0) is 42.0 Å². The fourth-order valence-electron chi connectivity index (χ4n) is 1.95. The van der Waals surface area contributed by atoms with Crippen LogP contribution in [0.5, 0.6) is 0 Å². The van der Waals surface area contributed by atoms with E-state index in [1.165, 1.54) is 24.0 Å². The molecule has 21 heavy (non-hydrogen) atoms. The minimum Gasteiger partial charge on any atom is -0.465 e. The zero-order valence-electron chi connectivity index (χ0n) is 12.2. The third kappa shape index (κ3) is 3.70. The summed E-state index contributed by atoms with van der Waals surface area (Å²) < 4.78 is 4.68. The lowest BCUT2D eigenvalue weighted by Crippen LogP contribution is -2.15. The average molecular weight is 303 g/mol. The number of anilines is 1. The minimum absolute atomic E-state index is 0.147. The standard InChI is InChI=1S/C16H17NO3S/c1-10-4-5-12(8-11(10)2)9-14(18)17-15-13(6-7-21-15)16(19)20-3/h4-8H,9H2,1-3H3,(H,17,18). The highest BCUT2D eigenvalue weighted by molar-refractivity contribution is 7.14. The number of carbonyl (C=O) groups is 2. The highest BCUT2D eigenvalue weighted by Gasteiger charge is 2.15. The number of esters is 1. The van der Waals surface area contributed by atoms with Crippen LogP contribution < -0.4 is 5.32 Å². The number of amides is 1. The summed E-state index contributed by atoms with van der Waals surface area (Å²) in [4.78, 5) is 23.6. The van der Waals surface area contributed by atoms with E-state index in [2.05, 4.69) is 10.1 Å². The van der Waals surface area contributed by atoms with E-state index in [0.29, 0.717) is 10.6 Å². The van der Waals surface area contributed by atoms with E-state index in [0.717, 1.165) is 11.1 Å². The number of ether oxygens (including phenoxy) is 1. The molecule has 0 saturated heterocycles. The smallest absolute Gasteiger partial charge is 0.340 e. The zero-order chi connectivity index (χ0) is 15.4. The van der Waals surface area contributed by atoms with Crippen molar-refractivity contribution in [2.75, 3.05) is 12.4 Å². The van der Waals surface area contributed by atoms with Crippen LogP contribution in [0.1, 0.15) is 27.0 Å². The summed E-state index contributed by atoms with van der Waals surface area (Å²) in [6.45, 7) is 4.05. The lowest BCUT2D eigenvalue weighted by Gasteiger charge is -2.07. The van der Waals surface area contributed by atoms with Crippen molar-refractivity contribution in [3.05, 3.63) is 51.9 Å². The Kier molecular flexibility index (Phi) is 4.75. The first-order valence-electron chi connectivity index (χ1n) is 6.53. The van der Waals surface area contributed by atoms with Crippen molar-refractivity contribution in [2.45, 2.75) is 20.3 Å². The maximum absolute atomic E-state index is 12.1. The van der Waals surface area contributed by atoms with E-state index in [-0.39, 0.29) is 12.3 Å². The molecule has 2 aromatic rings. The number of benzene rings is 1. The number of thiophene rings is 1. The van der Waals surface area contributed by atoms with Gasteiger partial charge in [0.25, 0.3) is 0 Å². The van der Waals surface area contributed by atoms with Crippen molar-refractivity contribution in [1.82, 2.24) is 0 Å². The molecule has 0 unspecified atom stereocenters. The third-order valence-electron chi connectivity index (χ3n) is 3.26. The summed E-state index contributed by atoms with van der Waals surface area (Å²) in [5.41, 5.74) is 3.69. The van der Waals surface area contributed by atoms with E-state index < -0.39 is 5.97 Å². The number of hydrogen-bond donors (Lipinski definition) is 1. The van der Waals surface area contributed by atoms with Crippen molar-refractivity contribution in [2.24, 2.45) is 0 Å². The van der Waals surface area contributed by atoms with Gasteiger partial charge in [-0.15, -0.1) is 11.3 Å². The molecular formula is C16H17NO3S. The van der Waals surface area contributed by atoms with Crippen LogP contribution in [-0.2, 0) is 16.0 Å². The van der Waals surface area contributed by atoms with Gasteiger partial charge in [0.15, 0.2) is 0 Å². The number of nitrogens with one attached hydrogen (secondary N) is 1. The van der Waals surface area contributed by atoms with Gasteiger partial charge in [-0.3, -0.25) is 4.79 Å². The summed E-state index contributed by atoms with van der Waals surface area (Å²) in [7, 11) is 1.32.